The summed E-state index contributed by atoms with van der Waals surface area (Å²) in [6.45, 7) is 0. The Hall–Kier alpha value is -5.08. The fourth-order valence-electron chi connectivity index (χ4n) is 9.44. The molecule has 14 nitrogen and oxygen atoms in total. The summed E-state index contributed by atoms with van der Waals surface area (Å²) in [5, 5.41) is 6.23. The number of nitrogens with one attached hydrogen (secondary N) is 4. The van der Waals surface area contributed by atoms with Gasteiger partial charge in [-0.1, -0.05) is 71.7 Å². The van der Waals surface area contributed by atoms with Crippen LogP contribution in [0.4, 0.5) is 9.59 Å². The second-order valence-corrected chi connectivity index (χ2v) is 17.5. The molecular weight excluding hydrogens is 783 g/mol. The van der Waals surface area contributed by atoms with Gasteiger partial charge in [-0.2, -0.15) is 0 Å². The number of imidazole rings is 2. The van der Waals surface area contributed by atoms with Gasteiger partial charge in [0.05, 0.1) is 37.7 Å². The number of fused-ring (bicyclic) bond motifs is 2. The Morgan fingerprint density at radius 1 is 0.621 bits per heavy atom. The molecule has 4 aromatic rings. The molecule has 302 valence electrons. The zero-order valence-electron chi connectivity index (χ0n) is 32.0. The van der Waals surface area contributed by atoms with E-state index < -0.39 is 24.3 Å². The number of piperidine rings is 2. The minimum absolute atomic E-state index is 0.0838. The van der Waals surface area contributed by atoms with Crippen molar-refractivity contribution < 1.29 is 28.7 Å². The van der Waals surface area contributed by atoms with E-state index in [1.54, 1.807) is 0 Å². The molecule has 16 heteroatoms. The van der Waals surface area contributed by atoms with Crippen LogP contribution in [-0.4, -0.2) is 92.1 Å². The maximum atomic E-state index is 13.9. The van der Waals surface area contributed by atoms with E-state index in [1.165, 1.54) is 14.2 Å². The highest BCUT2D eigenvalue weighted by molar-refractivity contribution is 6.32. The molecule has 8 atom stereocenters. The van der Waals surface area contributed by atoms with Crippen molar-refractivity contribution in [3.8, 4) is 33.6 Å². The van der Waals surface area contributed by atoms with Gasteiger partial charge in [0, 0.05) is 23.2 Å². The second-order valence-electron chi connectivity index (χ2n) is 16.8. The molecule has 4 amide bonds. The number of carbonyl (C=O) groups excluding carboxylic acids is 4. The van der Waals surface area contributed by atoms with E-state index in [1.807, 2.05) is 58.3 Å². The molecule has 4 saturated carbocycles. The smallest absolute Gasteiger partial charge is 0.407 e. The number of hydrogen-bond acceptors (Lipinski definition) is 8. The number of benzene rings is 2. The Balaban J connectivity index is 0.830. The summed E-state index contributed by atoms with van der Waals surface area (Å²) < 4.78 is 9.64. The number of nitrogens with zero attached hydrogens (tertiary/aromatic N) is 4. The molecule has 2 saturated heterocycles. The largest absolute Gasteiger partial charge is 0.453 e. The van der Waals surface area contributed by atoms with Crippen molar-refractivity contribution in [3.63, 3.8) is 0 Å². The first-order chi connectivity index (χ1) is 28.1. The number of hydrogen-bond donors (Lipinski definition) is 4. The van der Waals surface area contributed by atoms with Crippen LogP contribution in [0.5, 0.6) is 0 Å². The maximum Gasteiger partial charge on any atom is 0.407 e. The van der Waals surface area contributed by atoms with Gasteiger partial charge in [0.25, 0.3) is 0 Å². The van der Waals surface area contributed by atoms with Gasteiger partial charge in [0.1, 0.15) is 23.7 Å². The average molecular weight is 828 g/mol. The van der Waals surface area contributed by atoms with Crippen molar-refractivity contribution in [2.75, 3.05) is 14.2 Å². The van der Waals surface area contributed by atoms with E-state index in [9.17, 15) is 19.2 Å². The molecule has 2 aliphatic heterocycles. The van der Waals surface area contributed by atoms with Crippen molar-refractivity contribution >= 4 is 47.2 Å². The average Bonchev–Trinajstić information content (AvgIpc) is 4.14. The molecule has 10 rings (SSSR count). The summed E-state index contributed by atoms with van der Waals surface area (Å²) in [7, 11) is 2.61. The Morgan fingerprint density at radius 3 is 1.33 bits per heavy atom. The number of ether oxygens (including phenoxy) is 2. The van der Waals surface area contributed by atoms with Crippen LogP contribution < -0.4 is 10.6 Å². The minimum atomic E-state index is -0.607. The number of amides is 4. The number of halogens is 2. The van der Waals surface area contributed by atoms with E-state index in [2.05, 4.69) is 20.6 Å². The number of alkyl carbamates (subject to hydrolysis) is 2. The number of rotatable bonds is 11. The lowest BCUT2D eigenvalue weighted by Gasteiger charge is -2.30. The highest BCUT2D eigenvalue weighted by atomic mass is 35.5. The lowest BCUT2D eigenvalue weighted by Crippen LogP contribution is -2.50. The van der Waals surface area contributed by atoms with Crippen molar-refractivity contribution in [1.29, 1.82) is 0 Å². The summed E-state index contributed by atoms with van der Waals surface area (Å²) in [4.78, 5) is 72.0. The number of H-pyrrole nitrogens is 2. The fourth-order valence-corrected chi connectivity index (χ4v) is 9.94. The second kappa shape index (κ2) is 14.3. The van der Waals surface area contributed by atoms with Gasteiger partial charge in [0.2, 0.25) is 11.8 Å². The molecule has 6 aliphatic rings. The zero-order valence-corrected chi connectivity index (χ0v) is 33.6. The van der Waals surface area contributed by atoms with Crippen molar-refractivity contribution in [2.24, 2.45) is 23.7 Å². The van der Waals surface area contributed by atoms with Crippen LogP contribution in [0.3, 0.4) is 0 Å². The third kappa shape index (κ3) is 6.77. The zero-order chi connectivity index (χ0) is 40.0. The van der Waals surface area contributed by atoms with E-state index in [0.717, 1.165) is 73.6 Å². The van der Waals surface area contributed by atoms with Crippen LogP contribution in [0.2, 0.25) is 10.3 Å². The van der Waals surface area contributed by atoms with Gasteiger partial charge in [-0.05, 0) is 86.2 Å². The van der Waals surface area contributed by atoms with Crippen LogP contribution in [-0.2, 0) is 19.1 Å². The van der Waals surface area contributed by atoms with Crippen LogP contribution >= 0.6 is 23.2 Å². The first-order valence-electron chi connectivity index (χ1n) is 20.2. The van der Waals surface area contributed by atoms with Crippen molar-refractivity contribution in [2.45, 2.75) is 87.6 Å². The van der Waals surface area contributed by atoms with Crippen LogP contribution in [0, 0.1) is 23.7 Å². The van der Waals surface area contributed by atoms with Crippen molar-refractivity contribution in [3.05, 3.63) is 70.5 Å². The summed E-state index contributed by atoms with van der Waals surface area (Å²) >= 11 is 13.5. The van der Waals surface area contributed by atoms with Gasteiger partial charge in [0.15, 0.2) is 10.3 Å². The third-order valence-electron chi connectivity index (χ3n) is 13.0. The first-order valence-corrected chi connectivity index (χ1v) is 20.9. The van der Waals surface area contributed by atoms with E-state index in [4.69, 9.17) is 42.6 Å². The lowest BCUT2D eigenvalue weighted by atomic mass is 10.0. The molecule has 0 spiro atoms. The Kier molecular flexibility index (Phi) is 9.19. The van der Waals surface area contributed by atoms with Crippen LogP contribution in [0.25, 0.3) is 33.6 Å². The van der Waals surface area contributed by atoms with E-state index >= 15 is 0 Å². The monoisotopic (exact) mass is 826 g/mol. The summed E-state index contributed by atoms with van der Waals surface area (Å²) in [5.41, 5.74) is 5.11. The first kappa shape index (κ1) is 37.2. The summed E-state index contributed by atoms with van der Waals surface area (Å²) in [6.07, 6.45) is 5.91. The molecule has 0 bridgehead atoms. The molecule has 0 unspecified atom stereocenters. The standard InChI is InChI=1S/C42H44Cl2N8O6/c1-57-41(55)47-33(23-11-12-23)39(53)51-27-15-25(27)17-29(51)37-45-31(35(43)49-37)21-7-3-19(4-8-21)20-5-9-22(10-6-20)32-36(44)50-38(46-32)30-18-26-16-28(26)52(30)40(54)34(24-13-14-24)48-42(56)58-2/h3-10,23-30,33-34H,11-18H2,1-2H3,(H,45,49)(H,46,50)(H,47,55)(H,48,56)/t25-,26-,27-,28-,29+,30+,33+,34+/m1/s1. The van der Waals surface area contributed by atoms with Gasteiger partial charge >= 0.3 is 12.2 Å². The third-order valence-corrected chi connectivity index (χ3v) is 13.6. The van der Waals surface area contributed by atoms with Crippen molar-refractivity contribution in [1.82, 2.24) is 40.4 Å². The number of carbonyl (C=O) groups is 4. The molecule has 6 fully saturated rings. The predicted octanol–water partition coefficient (Wildman–Crippen LogP) is 7.03. The highest BCUT2D eigenvalue weighted by Gasteiger charge is 2.58. The topological polar surface area (TPSA) is 175 Å². The molecule has 4 aliphatic carbocycles. The van der Waals surface area contributed by atoms with Gasteiger partial charge < -0.3 is 39.9 Å². The van der Waals surface area contributed by atoms with E-state index in [0.29, 0.717) is 45.2 Å². The van der Waals surface area contributed by atoms with Gasteiger partial charge in [-0.25, -0.2) is 19.6 Å². The predicted molar refractivity (Wildman–Crippen MR) is 213 cm³/mol. The summed E-state index contributed by atoms with van der Waals surface area (Å²) in [5.74, 6) is 2.20. The Morgan fingerprint density at radius 2 is 0.983 bits per heavy atom. The van der Waals surface area contributed by atoms with Gasteiger partial charge in [-0.3, -0.25) is 9.59 Å². The molecule has 2 aromatic carbocycles. The lowest BCUT2D eigenvalue weighted by molar-refractivity contribution is -0.136. The fraction of sp³-hybridized carbons (Fsp3) is 0.476. The summed E-state index contributed by atoms with van der Waals surface area (Å²) in [6, 6.07) is 14.7. The normalized spacial score (nSPS) is 26.3. The van der Waals surface area contributed by atoms with E-state index in [-0.39, 0.29) is 47.8 Å². The van der Waals surface area contributed by atoms with Gasteiger partial charge in [-0.15, -0.1) is 0 Å². The Labute approximate surface area is 344 Å². The Bertz CT molecular complexity index is 2130. The number of methoxy groups -OCH3 is 2. The maximum absolute atomic E-state index is 13.9. The molecular formula is C42H44Cl2N8O6. The quantitative estimate of drug-likeness (QED) is 0.125. The molecule has 4 N–H and O–H groups in total. The molecule has 0 radical (unpaired) electrons. The molecule has 58 heavy (non-hydrogen) atoms. The molecule has 2 aromatic heterocycles. The van der Waals surface area contributed by atoms with Crippen LogP contribution in [0.1, 0.15) is 75.1 Å². The molecule has 4 heterocycles. The number of aromatic amines is 2. The SMILES string of the molecule is COC(=O)N[C@H](C(=O)N1[C@@H]2C[C@@H]2C[C@H]1c1nc(Cl)c(-c2ccc(-c3ccc(-c4[nH]c([C@@H]5C[C@H]6C[C@H]6N5C(=O)[C@@H](NC(=O)OC)C5CC5)nc4Cl)cc3)cc2)[nH]1)C1CC1. The highest BCUT2D eigenvalue weighted by Crippen LogP contribution is 2.55. The van der Waals surface area contributed by atoms with Crippen LogP contribution in [0.15, 0.2) is 48.5 Å². The number of aromatic nitrogens is 4. The number of likely N-dealkylation sites (tertiary alicyclic amines) is 2. The minimum Gasteiger partial charge on any atom is -0.453 e.